The van der Waals surface area contributed by atoms with Gasteiger partial charge in [0.15, 0.2) is 0 Å². The summed E-state index contributed by atoms with van der Waals surface area (Å²) in [5.74, 6) is 0. The van der Waals surface area contributed by atoms with Gasteiger partial charge in [-0.05, 0) is 30.3 Å². The van der Waals surface area contributed by atoms with Crippen LogP contribution in [-0.4, -0.2) is 0 Å². The summed E-state index contributed by atoms with van der Waals surface area (Å²) in [5.41, 5.74) is 5.12. The Morgan fingerprint density at radius 1 is 0.636 bits per heavy atom. The molecule has 0 aliphatic rings. The number of benzene rings is 2. The summed E-state index contributed by atoms with van der Waals surface area (Å²) in [4.78, 5) is 0. The van der Waals surface area contributed by atoms with E-state index in [4.69, 9.17) is 0 Å². The van der Waals surface area contributed by atoms with Crippen molar-refractivity contribution in [2.75, 3.05) is 0 Å². The Morgan fingerprint density at radius 3 is 1.59 bits per heavy atom. The molecule has 1 heterocycles. The Bertz CT molecular complexity index is 660. The van der Waals surface area contributed by atoms with E-state index in [1.165, 1.54) is 35.4 Å². The summed E-state index contributed by atoms with van der Waals surface area (Å²) in [5, 5.41) is 0. The first-order valence-electron chi connectivity index (χ1n) is 8.04. The van der Waals surface area contributed by atoms with Crippen LogP contribution in [0.1, 0.15) is 19.8 Å². The second-order valence-corrected chi connectivity index (χ2v) is 5.53. The quantitative estimate of drug-likeness (QED) is 0.574. The minimum Gasteiger partial charge on any atom is -0.191 e. The van der Waals surface area contributed by atoms with Crippen LogP contribution in [0.3, 0.4) is 0 Å². The van der Waals surface area contributed by atoms with Gasteiger partial charge in [-0.1, -0.05) is 49.7 Å². The molecular weight excluding hydrogens is 266 g/mol. The molecule has 0 atom stereocenters. The summed E-state index contributed by atoms with van der Waals surface area (Å²) in [6.07, 6.45) is 2.39. The maximum Gasteiger partial charge on any atom is 0.212 e. The van der Waals surface area contributed by atoms with Crippen molar-refractivity contribution in [3.05, 3.63) is 78.9 Å². The van der Waals surface area contributed by atoms with Crippen LogP contribution < -0.4 is 4.57 Å². The zero-order valence-corrected chi connectivity index (χ0v) is 13.1. The Balaban J connectivity index is 2.14. The highest BCUT2D eigenvalue weighted by Crippen LogP contribution is 2.21. The standard InChI is InChI=1S/C21H22N/c1-2-3-17-22-20(18-11-6-4-7-12-18)15-10-16-21(22)19-13-8-5-9-14-19/h4-16H,2-3,17H2,1H3/q+1. The lowest BCUT2D eigenvalue weighted by Crippen LogP contribution is -2.38. The van der Waals surface area contributed by atoms with Crippen molar-refractivity contribution < 1.29 is 4.57 Å². The lowest BCUT2D eigenvalue weighted by molar-refractivity contribution is -0.675. The topological polar surface area (TPSA) is 3.88 Å². The van der Waals surface area contributed by atoms with Crippen molar-refractivity contribution in [2.24, 2.45) is 0 Å². The molecule has 0 saturated heterocycles. The van der Waals surface area contributed by atoms with E-state index in [-0.39, 0.29) is 0 Å². The normalized spacial score (nSPS) is 10.6. The number of nitrogens with zero attached hydrogens (tertiary/aromatic N) is 1. The predicted octanol–water partition coefficient (Wildman–Crippen LogP) is 5.11. The summed E-state index contributed by atoms with van der Waals surface area (Å²) in [6.45, 7) is 3.29. The summed E-state index contributed by atoms with van der Waals surface area (Å²) in [6, 6.07) is 27.9. The second kappa shape index (κ2) is 7.04. The van der Waals surface area contributed by atoms with E-state index in [0.29, 0.717) is 0 Å². The minimum absolute atomic E-state index is 1.05. The number of aromatic nitrogens is 1. The zero-order valence-electron chi connectivity index (χ0n) is 13.1. The first kappa shape index (κ1) is 14.5. The number of hydrogen-bond donors (Lipinski definition) is 0. The third-order valence-electron chi connectivity index (χ3n) is 3.96. The summed E-state index contributed by atoms with van der Waals surface area (Å²) >= 11 is 0. The van der Waals surface area contributed by atoms with Crippen molar-refractivity contribution in [1.82, 2.24) is 0 Å². The molecule has 0 fully saturated rings. The van der Waals surface area contributed by atoms with E-state index in [0.717, 1.165) is 6.54 Å². The third kappa shape index (κ3) is 3.09. The molecule has 1 heteroatoms. The molecule has 3 aromatic rings. The van der Waals surface area contributed by atoms with Crippen LogP contribution in [0.2, 0.25) is 0 Å². The maximum atomic E-state index is 2.45. The van der Waals surface area contributed by atoms with E-state index in [2.05, 4.69) is 90.4 Å². The van der Waals surface area contributed by atoms with E-state index >= 15 is 0 Å². The molecule has 3 rings (SSSR count). The van der Waals surface area contributed by atoms with Gasteiger partial charge in [0.25, 0.3) is 0 Å². The lowest BCUT2D eigenvalue weighted by Gasteiger charge is -2.09. The van der Waals surface area contributed by atoms with Crippen LogP contribution in [0.15, 0.2) is 78.9 Å². The van der Waals surface area contributed by atoms with Crippen molar-refractivity contribution in [2.45, 2.75) is 26.3 Å². The Hall–Kier alpha value is -2.41. The zero-order chi connectivity index (χ0) is 15.2. The van der Waals surface area contributed by atoms with Crippen molar-refractivity contribution in [3.8, 4) is 22.5 Å². The first-order chi connectivity index (χ1) is 10.9. The van der Waals surface area contributed by atoms with Gasteiger partial charge in [0.05, 0.1) is 0 Å². The van der Waals surface area contributed by atoms with E-state index in [9.17, 15) is 0 Å². The Morgan fingerprint density at radius 2 is 1.14 bits per heavy atom. The molecule has 0 aliphatic carbocycles. The van der Waals surface area contributed by atoms with Crippen LogP contribution in [0.25, 0.3) is 22.5 Å². The molecule has 0 radical (unpaired) electrons. The molecule has 0 aliphatic heterocycles. The number of hydrogen-bond acceptors (Lipinski definition) is 0. The molecule has 2 aromatic carbocycles. The Labute approximate surface area is 132 Å². The minimum atomic E-state index is 1.05. The molecule has 110 valence electrons. The van der Waals surface area contributed by atoms with Crippen LogP contribution in [0.4, 0.5) is 0 Å². The fourth-order valence-corrected chi connectivity index (χ4v) is 2.82. The molecule has 0 spiro atoms. The second-order valence-electron chi connectivity index (χ2n) is 5.53. The highest BCUT2D eigenvalue weighted by atomic mass is 15.0. The highest BCUT2D eigenvalue weighted by Gasteiger charge is 2.18. The van der Waals surface area contributed by atoms with Gasteiger partial charge in [0, 0.05) is 29.7 Å². The molecule has 1 nitrogen and oxygen atoms in total. The molecule has 22 heavy (non-hydrogen) atoms. The average molecular weight is 288 g/mol. The molecular formula is C21H22N+. The first-order valence-corrected chi connectivity index (χ1v) is 8.04. The van der Waals surface area contributed by atoms with Crippen LogP contribution >= 0.6 is 0 Å². The third-order valence-corrected chi connectivity index (χ3v) is 3.96. The molecule has 0 N–H and O–H groups in total. The highest BCUT2D eigenvalue weighted by molar-refractivity contribution is 5.61. The van der Waals surface area contributed by atoms with Gasteiger partial charge in [-0.25, -0.2) is 0 Å². The fraction of sp³-hybridized carbons (Fsp3) is 0.190. The van der Waals surface area contributed by atoms with Gasteiger partial charge in [0.1, 0.15) is 6.54 Å². The van der Waals surface area contributed by atoms with Gasteiger partial charge in [0.2, 0.25) is 11.4 Å². The fourth-order valence-electron chi connectivity index (χ4n) is 2.82. The number of pyridine rings is 1. The monoisotopic (exact) mass is 288 g/mol. The summed E-state index contributed by atoms with van der Waals surface area (Å²) in [7, 11) is 0. The SMILES string of the molecule is CCCC[n+]1c(-c2ccccc2)cccc1-c1ccccc1. The molecule has 1 aromatic heterocycles. The van der Waals surface area contributed by atoms with Crippen molar-refractivity contribution in [1.29, 1.82) is 0 Å². The van der Waals surface area contributed by atoms with Gasteiger partial charge in [-0.15, -0.1) is 0 Å². The van der Waals surface area contributed by atoms with Gasteiger partial charge >= 0.3 is 0 Å². The van der Waals surface area contributed by atoms with Crippen LogP contribution in [0.5, 0.6) is 0 Å². The van der Waals surface area contributed by atoms with Crippen molar-refractivity contribution in [3.63, 3.8) is 0 Å². The van der Waals surface area contributed by atoms with Crippen LogP contribution in [0, 0.1) is 0 Å². The molecule has 0 amide bonds. The number of unbranched alkanes of at least 4 members (excludes halogenated alkanes) is 1. The van der Waals surface area contributed by atoms with Gasteiger partial charge in [-0.3, -0.25) is 0 Å². The summed E-state index contributed by atoms with van der Waals surface area (Å²) < 4.78 is 2.45. The van der Waals surface area contributed by atoms with Gasteiger partial charge < -0.3 is 0 Å². The van der Waals surface area contributed by atoms with E-state index in [1.54, 1.807) is 0 Å². The molecule has 0 unspecified atom stereocenters. The van der Waals surface area contributed by atoms with Gasteiger partial charge in [-0.2, -0.15) is 4.57 Å². The van der Waals surface area contributed by atoms with E-state index in [1.807, 2.05) is 0 Å². The largest absolute Gasteiger partial charge is 0.212 e. The van der Waals surface area contributed by atoms with E-state index < -0.39 is 0 Å². The lowest BCUT2D eigenvalue weighted by atomic mass is 10.1. The predicted molar refractivity (Wildman–Crippen MR) is 92.4 cm³/mol. The number of rotatable bonds is 5. The molecule has 0 bridgehead atoms. The maximum absolute atomic E-state index is 2.45. The Kier molecular flexibility index (Phi) is 4.65. The average Bonchev–Trinajstić information content (AvgIpc) is 2.61. The molecule has 0 saturated carbocycles. The smallest absolute Gasteiger partial charge is 0.191 e. The van der Waals surface area contributed by atoms with Crippen LogP contribution in [-0.2, 0) is 6.54 Å². The van der Waals surface area contributed by atoms with Crippen molar-refractivity contribution >= 4 is 0 Å².